The smallest absolute Gasteiger partial charge is 0.378 e. The van der Waals surface area contributed by atoms with Crippen molar-refractivity contribution in [2.24, 2.45) is 0 Å². The van der Waals surface area contributed by atoms with Crippen LogP contribution in [0.1, 0.15) is 6.42 Å². The van der Waals surface area contributed by atoms with Crippen LogP contribution in [0, 0.1) is 0 Å². The molecule has 0 spiro atoms. The maximum Gasteiger partial charge on any atom is 0.378 e. The molecule has 9 heteroatoms. The van der Waals surface area contributed by atoms with Crippen LogP contribution < -0.4 is 5.32 Å². The summed E-state index contributed by atoms with van der Waals surface area (Å²) < 4.78 is 10.0. The molecule has 0 aliphatic carbocycles. The number of rotatable bonds is 5. The number of ether oxygens (including phenoxy) is 2. The van der Waals surface area contributed by atoms with Crippen LogP contribution in [0.3, 0.4) is 0 Å². The van der Waals surface area contributed by atoms with Crippen LogP contribution in [0.15, 0.2) is 11.5 Å². The molecule has 0 amide bonds. The van der Waals surface area contributed by atoms with Gasteiger partial charge in [0, 0.05) is 13.0 Å². The largest absolute Gasteiger partial charge is 0.499 e. The molecule has 0 radical (unpaired) electrons. The fourth-order valence-corrected chi connectivity index (χ4v) is 2.09. The highest BCUT2D eigenvalue weighted by atomic mass is 16.6. The van der Waals surface area contributed by atoms with Gasteiger partial charge in [0.05, 0.1) is 6.61 Å². The first-order chi connectivity index (χ1) is 9.43. The minimum absolute atomic E-state index is 0.141. The number of hydrogen-bond donors (Lipinski definition) is 5. The van der Waals surface area contributed by atoms with Gasteiger partial charge in [0.1, 0.15) is 18.2 Å². The Balaban J connectivity index is 2.06. The van der Waals surface area contributed by atoms with E-state index >= 15 is 0 Å². The number of carbonyl (C=O) groups excluding carboxylic acids is 1. The van der Waals surface area contributed by atoms with Crippen molar-refractivity contribution < 1.29 is 39.5 Å². The van der Waals surface area contributed by atoms with Crippen LogP contribution in [0.2, 0.25) is 0 Å². The second-order valence-corrected chi connectivity index (χ2v) is 4.56. The molecule has 2 heterocycles. The summed E-state index contributed by atoms with van der Waals surface area (Å²) >= 11 is 0. The number of carboxylic acid groups (broad SMARTS) is 1. The highest BCUT2D eigenvalue weighted by Crippen LogP contribution is 2.27. The van der Waals surface area contributed by atoms with Gasteiger partial charge in [-0.25, -0.2) is 4.79 Å². The first kappa shape index (κ1) is 14.6. The topological polar surface area (TPSA) is 146 Å². The second-order valence-electron chi connectivity index (χ2n) is 4.56. The first-order valence-corrected chi connectivity index (χ1v) is 6.00. The van der Waals surface area contributed by atoms with E-state index in [0.29, 0.717) is 0 Å². The lowest BCUT2D eigenvalue weighted by atomic mass is 10.1. The molecule has 0 aromatic heterocycles. The zero-order valence-corrected chi connectivity index (χ0v) is 10.4. The molecule has 0 aromatic rings. The quantitative estimate of drug-likeness (QED) is 0.358. The van der Waals surface area contributed by atoms with Crippen molar-refractivity contribution in [1.29, 1.82) is 0 Å². The van der Waals surface area contributed by atoms with Crippen LogP contribution in [-0.4, -0.2) is 69.9 Å². The van der Waals surface area contributed by atoms with E-state index in [1.54, 1.807) is 0 Å². The van der Waals surface area contributed by atoms with Crippen LogP contribution in [-0.2, 0) is 19.1 Å². The van der Waals surface area contributed by atoms with Crippen LogP contribution >= 0.6 is 0 Å². The van der Waals surface area contributed by atoms with E-state index < -0.39 is 48.7 Å². The molecule has 20 heavy (non-hydrogen) atoms. The van der Waals surface area contributed by atoms with Gasteiger partial charge in [-0.2, -0.15) is 0 Å². The monoisotopic (exact) mass is 289 g/mol. The normalized spacial score (nSPS) is 31.3. The van der Waals surface area contributed by atoms with E-state index in [1.807, 2.05) is 0 Å². The maximum atomic E-state index is 11.2. The van der Waals surface area contributed by atoms with Crippen molar-refractivity contribution in [3.63, 3.8) is 0 Å². The van der Waals surface area contributed by atoms with Crippen molar-refractivity contribution in [3.8, 4) is 0 Å². The standard InChI is InChI=1S/C11H15NO8/c13-3-6(14)8-9(7(15)11(18)20-8)19-4-1-5(10(16)17)12-2-4/h4-6,8,12-15H,1-3H2,(H,16,17)/t4-,5+,6+,8-/m1/s1. The average Bonchev–Trinajstić information content (AvgIpc) is 2.98. The zero-order chi connectivity index (χ0) is 14.9. The van der Waals surface area contributed by atoms with Gasteiger partial charge in [0.25, 0.3) is 0 Å². The van der Waals surface area contributed by atoms with Gasteiger partial charge in [-0.1, -0.05) is 0 Å². The molecule has 2 rings (SSSR count). The predicted octanol–water partition coefficient (Wildman–Crippen LogP) is -2.13. The predicted molar refractivity (Wildman–Crippen MR) is 61.5 cm³/mol. The summed E-state index contributed by atoms with van der Waals surface area (Å²) in [6, 6.07) is -0.776. The Kier molecular flexibility index (Phi) is 4.12. The summed E-state index contributed by atoms with van der Waals surface area (Å²) in [6.07, 6.45) is -3.17. The molecular weight excluding hydrogens is 274 g/mol. The van der Waals surface area contributed by atoms with E-state index in [2.05, 4.69) is 10.1 Å². The lowest BCUT2D eigenvalue weighted by molar-refractivity contribution is -0.148. The molecule has 0 unspecified atom stereocenters. The van der Waals surface area contributed by atoms with Crippen molar-refractivity contribution in [3.05, 3.63) is 11.5 Å². The van der Waals surface area contributed by atoms with Gasteiger partial charge in [-0.3, -0.25) is 4.79 Å². The fourth-order valence-electron chi connectivity index (χ4n) is 2.09. The summed E-state index contributed by atoms with van der Waals surface area (Å²) in [7, 11) is 0. The summed E-state index contributed by atoms with van der Waals surface area (Å²) in [5, 5.41) is 39.5. The van der Waals surface area contributed by atoms with E-state index in [1.165, 1.54) is 0 Å². The molecule has 0 saturated carbocycles. The molecule has 112 valence electrons. The molecule has 0 aromatic carbocycles. The Bertz CT molecular complexity index is 448. The van der Waals surface area contributed by atoms with Crippen molar-refractivity contribution in [1.82, 2.24) is 5.32 Å². The van der Waals surface area contributed by atoms with Crippen molar-refractivity contribution in [2.45, 2.75) is 30.8 Å². The molecule has 5 N–H and O–H groups in total. The molecule has 1 fully saturated rings. The van der Waals surface area contributed by atoms with E-state index in [-0.39, 0.29) is 18.7 Å². The number of aliphatic hydroxyl groups is 3. The number of aliphatic hydroxyl groups excluding tert-OH is 3. The molecule has 2 aliphatic rings. The molecular formula is C11H15NO8. The highest BCUT2D eigenvalue weighted by Gasteiger charge is 2.42. The van der Waals surface area contributed by atoms with Crippen LogP contribution in [0.25, 0.3) is 0 Å². The number of carboxylic acids is 1. The van der Waals surface area contributed by atoms with Gasteiger partial charge >= 0.3 is 11.9 Å². The summed E-state index contributed by atoms with van der Waals surface area (Å²) in [6.45, 7) is -0.470. The van der Waals surface area contributed by atoms with Gasteiger partial charge < -0.3 is 35.2 Å². The van der Waals surface area contributed by atoms with Gasteiger partial charge in [-0.15, -0.1) is 0 Å². The Hall–Kier alpha value is -1.84. The summed E-state index contributed by atoms with van der Waals surface area (Å²) in [5.74, 6) is -3.14. The first-order valence-electron chi connectivity index (χ1n) is 6.00. The van der Waals surface area contributed by atoms with Gasteiger partial charge in [-0.05, 0) is 0 Å². The highest BCUT2D eigenvalue weighted by molar-refractivity contribution is 5.89. The minimum atomic E-state index is -1.43. The molecule has 9 nitrogen and oxygen atoms in total. The number of aliphatic carboxylic acids is 1. The van der Waals surface area contributed by atoms with E-state index in [9.17, 15) is 19.8 Å². The number of cyclic esters (lactones) is 1. The Morgan fingerprint density at radius 2 is 2.25 bits per heavy atom. The number of nitrogens with one attached hydrogen (secondary N) is 1. The number of esters is 1. The van der Waals surface area contributed by atoms with E-state index in [0.717, 1.165) is 0 Å². The van der Waals surface area contributed by atoms with Crippen LogP contribution in [0.4, 0.5) is 0 Å². The average molecular weight is 289 g/mol. The second kappa shape index (κ2) is 5.65. The Labute approximate surface area is 113 Å². The summed E-state index contributed by atoms with van der Waals surface area (Å²) in [4.78, 5) is 22.0. The lowest BCUT2D eigenvalue weighted by Gasteiger charge is -2.21. The third-order valence-corrected chi connectivity index (χ3v) is 3.14. The third kappa shape index (κ3) is 2.69. The molecule has 1 saturated heterocycles. The fraction of sp³-hybridized carbons (Fsp3) is 0.636. The van der Waals surface area contributed by atoms with Crippen molar-refractivity contribution >= 4 is 11.9 Å². The maximum absolute atomic E-state index is 11.2. The number of hydrogen-bond acceptors (Lipinski definition) is 8. The summed E-state index contributed by atoms with van der Waals surface area (Å²) in [5.41, 5.74) is 0. The van der Waals surface area contributed by atoms with Crippen LogP contribution in [0.5, 0.6) is 0 Å². The van der Waals surface area contributed by atoms with Crippen molar-refractivity contribution in [2.75, 3.05) is 13.2 Å². The SMILES string of the molecule is O=C1O[C@H]([C@@H](O)CO)C(O[C@H]2CN[C@H](C(=O)O)C2)=C1O. The Morgan fingerprint density at radius 1 is 1.55 bits per heavy atom. The van der Waals surface area contributed by atoms with Gasteiger partial charge in [0.2, 0.25) is 5.76 Å². The third-order valence-electron chi connectivity index (χ3n) is 3.14. The molecule has 2 aliphatic heterocycles. The zero-order valence-electron chi connectivity index (χ0n) is 10.4. The lowest BCUT2D eigenvalue weighted by Crippen LogP contribution is -2.33. The Morgan fingerprint density at radius 3 is 2.80 bits per heavy atom. The minimum Gasteiger partial charge on any atom is -0.499 e. The number of carbonyl (C=O) groups is 2. The van der Waals surface area contributed by atoms with E-state index in [4.69, 9.17) is 14.9 Å². The molecule has 4 atom stereocenters. The van der Waals surface area contributed by atoms with Gasteiger partial charge in [0.15, 0.2) is 11.9 Å². The molecule has 0 bridgehead atoms.